The van der Waals surface area contributed by atoms with Gasteiger partial charge in [-0.15, -0.1) is 0 Å². The number of benzene rings is 2. The van der Waals surface area contributed by atoms with E-state index in [2.05, 4.69) is 37.2 Å². The van der Waals surface area contributed by atoms with Gasteiger partial charge in [-0.05, 0) is 36.4 Å². The van der Waals surface area contributed by atoms with E-state index in [4.69, 9.17) is 5.11 Å². The first-order valence-corrected chi connectivity index (χ1v) is 7.29. The van der Waals surface area contributed by atoms with Crippen molar-refractivity contribution in [2.45, 2.75) is 0 Å². The van der Waals surface area contributed by atoms with Crippen LogP contribution in [0.1, 0.15) is 20.7 Å². The number of carboxylic acid groups (broad SMARTS) is 1. The fourth-order valence-electron chi connectivity index (χ4n) is 1.65. The first-order chi connectivity index (χ1) is 9.86. The Morgan fingerprint density at radius 3 is 2.10 bits per heavy atom. The molecule has 0 saturated carbocycles. The third kappa shape index (κ3) is 3.83. The number of carboxylic acids is 1. The van der Waals surface area contributed by atoms with Crippen molar-refractivity contribution in [3.8, 4) is 5.75 Å². The molecule has 0 heterocycles. The standard InChI is InChI=1S/C14H9Br2NO4/c15-9-3-8(4-10(16)6-9)13(19)17-11-2-1-7(14(20)21)5-12(11)18/h1-6,18H,(H,17,19)(H,20,21). The van der Waals surface area contributed by atoms with Gasteiger partial charge < -0.3 is 15.5 Å². The number of phenols is 1. The molecule has 1 amide bonds. The second-order valence-electron chi connectivity index (χ2n) is 4.15. The molecule has 0 aliphatic heterocycles. The molecular weight excluding hydrogens is 406 g/mol. The first-order valence-electron chi connectivity index (χ1n) is 5.70. The maximum Gasteiger partial charge on any atom is 0.335 e. The van der Waals surface area contributed by atoms with Crippen molar-refractivity contribution >= 4 is 49.4 Å². The van der Waals surface area contributed by atoms with Crippen LogP contribution in [0.4, 0.5) is 5.69 Å². The first kappa shape index (κ1) is 15.5. The molecule has 7 heteroatoms. The number of hydrogen-bond donors (Lipinski definition) is 3. The Morgan fingerprint density at radius 2 is 1.57 bits per heavy atom. The van der Waals surface area contributed by atoms with Crippen molar-refractivity contribution in [1.29, 1.82) is 0 Å². The van der Waals surface area contributed by atoms with Gasteiger partial charge in [-0.3, -0.25) is 4.79 Å². The van der Waals surface area contributed by atoms with Gasteiger partial charge in [0.2, 0.25) is 0 Å². The Labute approximate surface area is 136 Å². The molecule has 108 valence electrons. The molecule has 0 aliphatic rings. The minimum Gasteiger partial charge on any atom is -0.506 e. The maximum atomic E-state index is 12.1. The van der Waals surface area contributed by atoms with Crippen molar-refractivity contribution in [1.82, 2.24) is 0 Å². The Hall–Kier alpha value is -1.86. The topological polar surface area (TPSA) is 86.6 Å². The minimum absolute atomic E-state index is 0.0595. The second kappa shape index (κ2) is 6.28. The summed E-state index contributed by atoms with van der Waals surface area (Å²) in [5.74, 6) is -1.88. The normalized spacial score (nSPS) is 10.2. The molecule has 0 bridgehead atoms. The molecule has 21 heavy (non-hydrogen) atoms. The van der Waals surface area contributed by atoms with Crippen molar-refractivity contribution in [2.24, 2.45) is 0 Å². The quantitative estimate of drug-likeness (QED) is 0.665. The van der Waals surface area contributed by atoms with Crippen LogP contribution in [0.3, 0.4) is 0 Å². The van der Waals surface area contributed by atoms with Gasteiger partial charge in [0.15, 0.2) is 0 Å². The number of aromatic hydroxyl groups is 1. The van der Waals surface area contributed by atoms with Crippen molar-refractivity contribution in [2.75, 3.05) is 5.32 Å². The highest BCUT2D eigenvalue weighted by atomic mass is 79.9. The molecule has 5 nitrogen and oxygen atoms in total. The second-order valence-corrected chi connectivity index (χ2v) is 5.98. The molecule has 3 N–H and O–H groups in total. The largest absolute Gasteiger partial charge is 0.506 e. The zero-order valence-corrected chi connectivity index (χ0v) is 13.6. The van der Waals surface area contributed by atoms with Crippen LogP contribution in [0.15, 0.2) is 45.3 Å². The molecule has 2 aromatic carbocycles. The van der Waals surface area contributed by atoms with Gasteiger partial charge in [-0.2, -0.15) is 0 Å². The number of phenolic OH excluding ortho intramolecular Hbond substituents is 1. The van der Waals surface area contributed by atoms with Crippen molar-refractivity contribution in [3.05, 3.63) is 56.5 Å². The maximum absolute atomic E-state index is 12.1. The Balaban J connectivity index is 2.25. The summed E-state index contributed by atoms with van der Waals surface area (Å²) in [5, 5.41) is 21.1. The van der Waals surface area contributed by atoms with Crippen LogP contribution in [0, 0.1) is 0 Å². The lowest BCUT2D eigenvalue weighted by molar-refractivity contribution is 0.0696. The lowest BCUT2D eigenvalue weighted by Gasteiger charge is -2.08. The van der Waals surface area contributed by atoms with Gasteiger partial charge in [-0.25, -0.2) is 4.79 Å². The molecule has 0 saturated heterocycles. The van der Waals surface area contributed by atoms with E-state index in [1.807, 2.05) is 0 Å². The summed E-state index contributed by atoms with van der Waals surface area (Å²) >= 11 is 6.56. The molecule has 0 unspecified atom stereocenters. The van der Waals surface area contributed by atoms with Crippen LogP contribution >= 0.6 is 31.9 Å². The smallest absolute Gasteiger partial charge is 0.335 e. The monoisotopic (exact) mass is 413 g/mol. The van der Waals surface area contributed by atoms with Gasteiger partial charge in [0.25, 0.3) is 5.91 Å². The van der Waals surface area contributed by atoms with Crippen molar-refractivity contribution in [3.63, 3.8) is 0 Å². The summed E-state index contributed by atoms with van der Waals surface area (Å²) < 4.78 is 1.46. The van der Waals surface area contributed by atoms with Crippen LogP contribution in [-0.2, 0) is 0 Å². The van der Waals surface area contributed by atoms with E-state index in [-0.39, 0.29) is 17.0 Å². The summed E-state index contributed by atoms with van der Waals surface area (Å²) in [6.07, 6.45) is 0. The van der Waals surface area contributed by atoms with Gasteiger partial charge in [0, 0.05) is 14.5 Å². The molecule has 0 aliphatic carbocycles. The molecule has 0 aromatic heterocycles. The number of carbonyl (C=O) groups excluding carboxylic acids is 1. The Bertz CT molecular complexity index is 711. The number of halogens is 2. The number of rotatable bonds is 3. The summed E-state index contributed by atoms with van der Waals surface area (Å²) in [7, 11) is 0. The van der Waals surface area contributed by atoms with E-state index in [1.54, 1.807) is 18.2 Å². The molecule has 0 radical (unpaired) electrons. The predicted octanol–water partition coefficient (Wildman–Crippen LogP) is 3.87. The summed E-state index contributed by atoms with van der Waals surface area (Å²) in [6, 6.07) is 8.76. The van der Waals surface area contributed by atoms with E-state index in [1.165, 1.54) is 12.1 Å². The molecule has 0 atom stereocenters. The highest BCUT2D eigenvalue weighted by Gasteiger charge is 2.12. The Kier molecular flexibility index (Phi) is 4.64. The van der Waals surface area contributed by atoms with Gasteiger partial charge in [0.1, 0.15) is 5.75 Å². The number of hydrogen-bond acceptors (Lipinski definition) is 3. The average Bonchev–Trinajstić information content (AvgIpc) is 2.39. The van der Waals surface area contributed by atoms with E-state index < -0.39 is 11.9 Å². The molecule has 0 spiro atoms. The molecular formula is C14H9Br2NO4. The van der Waals surface area contributed by atoms with Crippen molar-refractivity contribution < 1.29 is 19.8 Å². The molecule has 0 fully saturated rings. The number of nitrogens with one attached hydrogen (secondary N) is 1. The van der Waals surface area contributed by atoms with E-state index >= 15 is 0 Å². The van der Waals surface area contributed by atoms with Gasteiger partial charge in [-0.1, -0.05) is 31.9 Å². The zero-order chi connectivity index (χ0) is 15.6. The Morgan fingerprint density at radius 1 is 0.952 bits per heavy atom. The number of aromatic carboxylic acids is 1. The highest BCUT2D eigenvalue weighted by molar-refractivity contribution is 9.11. The lowest BCUT2D eigenvalue weighted by Crippen LogP contribution is -2.12. The highest BCUT2D eigenvalue weighted by Crippen LogP contribution is 2.26. The van der Waals surface area contributed by atoms with E-state index in [0.717, 1.165) is 15.0 Å². The van der Waals surface area contributed by atoms with Crippen LogP contribution in [0.25, 0.3) is 0 Å². The van der Waals surface area contributed by atoms with Gasteiger partial charge in [0.05, 0.1) is 11.3 Å². The summed E-state index contributed by atoms with van der Waals surface area (Å²) in [4.78, 5) is 22.9. The number of amides is 1. The van der Waals surface area contributed by atoms with Crippen LogP contribution < -0.4 is 5.32 Å². The third-order valence-corrected chi connectivity index (χ3v) is 3.53. The average molecular weight is 415 g/mol. The fraction of sp³-hybridized carbons (Fsp3) is 0. The van der Waals surface area contributed by atoms with Crippen LogP contribution in [0.5, 0.6) is 5.75 Å². The third-order valence-electron chi connectivity index (χ3n) is 2.62. The van der Waals surface area contributed by atoms with Crippen LogP contribution in [-0.4, -0.2) is 22.1 Å². The predicted molar refractivity (Wildman–Crippen MR) is 84.9 cm³/mol. The lowest BCUT2D eigenvalue weighted by atomic mass is 10.1. The van der Waals surface area contributed by atoms with E-state index in [0.29, 0.717) is 5.56 Å². The zero-order valence-electron chi connectivity index (χ0n) is 10.4. The fourth-order valence-corrected chi connectivity index (χ4v) is 2.94. The van der Waals surface area contributed by atoms with Gasteiger partial charge >= 0.3 is 5.97 Å². The number of carbonyl (C=O) groups is 2. The summed E-state index contributed by atoms with van der Waals surface area (Å²) in [6.45, 7) is 0. The summed E-state index contributed by atoms with van der Waals surface area (Å²) in [5.41, 5.74) is 0.467. The van der Waals surface area contributed by atoms with E-state index in [9.17, 15) is 14.7 Å². The number of anilines is 1. The molecule has 2 rings (SSSR count). The SMILES string of the molecule is O=C(O)c1ccc(NC(=O)c2cc(Br)cc(Br)c2)c(O)c1. The molecule has 2 aromatic rings. The minimum atomic E-state index is -1.15. The van der Waals surface area contributed by atoms with Crippen LogP contribution in [0.2, 0.25) is 0 Å².